The van der Waals surface area contributed by atoms with Gasteiger partial charge in [0.25, 0.3) is 0 Å². The molecule has 8 heteroatoms. The van der Waals surface area contributed by atoms with Gasteiger partial charge in [-0.1, -0.05) is 0 Å². The van der Waals surface area contributed by atoms with Gasteiger partial charge in [0.05, 0.1) is 18.0 Å². The van der Waals surface area contributed by atoms with Crippen LogP contribution in [0.2, 0.25) is 0 Å². The van der Waals surface area contributed by atoms with E-state index < -0.39 is 0 Å². The molecule has 0 saturated carbocycles. The van der Waals surface area contributed by atoms with E-state index in [-0.39, 0.29) is 6.01 Å². The van der Waals surface area contributed by atoms with Gasteiger partial charge in [0.1, 0.15) is 30.5 Å². The molecule has 0 unspecified atom stereocenters. The summed E-state index contributed by atoms with van der Waals surface area (Å²) in [5, 5.41) is 1.82. The molecule has 0 aliphatic carbocycles. The smallest absolute Gasteiger partial charge is 0.320 e. The molecule has 166 valence electrons. The number of fused-ring (bicyclic) bond motifs is 2. The van der Waals surface area contributed by atoms with Gasteiger partial charge in [-0.05, 0) is 55.5 Å². The third-order valence-corrected chi connectivity index (χ3v) is 5.01. The monoisotopic (exact) mass is 442 g/mol. The van der Waals surface area contributed by atoms with Crippen molar-refractivity contribution in [3.8, 4) is 29.1 Å². The lowest BCUT2D eigenvalue weighted by Gasteiger charge is -2.11. The number of rotatable bonds is 8. The van der Waals surface area contributed by atoms with Gasteiger partial charge < -0.3 is 23.9 Å². The highest BCUT2D eigenvalue weighted by Crippen LogP contribution is 2.32. The molecule has 0 aliphatic rings. The maximum atomic E-state index is 6.13. The Kier molecular flexibility index (Phi) is 5.63. The number of nitrogens with zero attached hydrogens (tertiary/aromatic N) is 3. The fourth-order valence-corrected chi connectivity index (χ4v) is 3.50. The number of ether oxygens (including phenoxy) is 4. The predicted octanol–water partition coefficient (Wildman–Crippen LogP) is 5.07. The normalized spacial score (nSPS) is 11.0. The minimum atomic E-state index is 0.217. The Morgan fingerprint density at radius 3 is 2.42 bits per heavy atom. The molecule has 0 spiro atoms. The number of aromatic nitrogens is 4. The number of pyridine rings is 1. The molecule has 0 atom stereocenters. The Balaban J connectivity index is 1.35. The van der Waals surface area contributed by atoms with Crippen LogP contribution in [0.3, 0.4) is 0 Å². The first-order valence-corrected chi connectivity index (χ1v) is 10.5. The van der Waals surface area contributed by atoms with Crippen LogP contribution in [0, 0.1) is 6.92 Å². The van der Waals surface area contributed by atoms with Gasteiger partial charge in [-0.15, -0.1) is 0 Å². The molecule has 3 heterocycles. The lowest BCUT2D eigenvalue weighted by molar-refractivity contribution is 0.217. The highest BCUT2D eigenvalue weighted by atomic mass is 16.5. The molecule has 0 saturated heterocycles. The summed E-state index contributed by atoms with van der Waals surface area (Å²) >= 11 is 0. The topological polar surface area (TPSA) is 91.4 Å². The lowest BCUT2D eigenvalue weighted by atomic mass is 10.2. The van der Waals surface area contributed by atoms with Crippen molar-refractivity contribution >= 4 is 21.8 Å². The van der Waals surface area contributed by atoms with Crippen LogP contribution in [0.25, 0.3) is 21.8 Å². The maximum Gasteiger partial charge on any atom is 0.320 e. The minimum Gasteiger partial charge on any atom is -0.490 e. The summed E-state index contributed by atoms with van der Waals surface area (Å²) in [4.78, 5) is 16.1. The van der Waals surface area contributed by atoms with E-state index in [4.69, 9.17) is 18.9 Å². The highest BCUT2D eigenvalue weighted by molar-refractivity contribution is 5.86. The van der Waals surface area contributed by atoms with Crippen LogP contribution in [0.15, 0.2) is 67.0 Å². The summed E-state index contributed by atoms with van der Waals surface area (Å²) in [5.74, 6) is 2.50. The van der Waals surface area contributed by atoms with E-state index in [1.54, 1.807) is 24.5 Å². The van der Waals surface area contributed by atoms with Crippen LogP contribution in [-0.2, 0) is 0 Å². The minimum absolute atomic E-state index is 0.217. The van der Waals surface area contributed by atoms with Crippen molar-refractivity contribution in [2.75, 3.05) is 20.3 Å². The number of aryl methyl sites for hydroxylation is 1. The summed E-state index contributed by atoms with van der Waals surface area (Å²) in [6.07, 6.45) is 3.37. The van der Waals surface area contributed by atoms with Gasteiger partial charge >= 0.3 is 6.01 Å². The van der Waals surface area contributed by atoms with Gasteiger partial charge in [-0.3, -0.25) is 4.98 Å². The summed E-state index contributed by atoms with van der Waals surface area (Å²) in [6.45, 7) is 2.81. The molecule has 2 aromatic carbocycles. The molecule has 5 rings (SSSR count). The number of hydrogen-bond donors (Lipinski definition) is 1. The number of aromatic amines is 1. The van der Waals surface area contributed by atoms with Gasteiger partial charge in [-0.2, -0.15) is 9.97 Å². The summed E-state index contributed by atoms with van der Waals surface area (Å²) < 4.78 is 22.9. The largest absolute Gasteiger partial charge is 0.490 e. The van der Waals surface area contributed by atoms with Crippen LogP contribution in [0.4, 0.5) is 0 Å². The molecule has 0 amide bonds. The standard InChI is InChI=1S/C25H22N4O4/c1-16-13-17-14-20(4-6-22(17)27-16)33-24-21-5-3-19(15-23(21)28-25(29-24)30-2)32-12-11-31-18-7-9-26-10-8-18/h3-10,13-15,27H,11-12H2,1-2H3. The Hall–Kier alpha value is -4.33. The van der Waals surface area contributed by atoms with Crippen molar-refractivity contribution in [1.29, 1.82) is 0 Å². The molecule has 1 N–H and O–H groups in total. The van der Waals surface area contributed by atoms with Crippen LogP contribution in [0.5, 0.6) is 29.1 Å². The molecule has 3 aromatic heterocycles. The van der Waals surface area contributed by atoms with Crippen LogP contribution < -0.4 is 18.9 Å². The van der Waals surface area contributed by atoms with Crippen LogP contribution >= 0.6 is 0 Å². The van der Waals surface area contributed by atoms with E-state index in [2.05, 4.69) is 26.0 Å². The van der Waals surface area contributed by atoms with Gasteiger partial charge in [-0.25, -0.2) is 0 Å². The van der Waals surface area contributed by atoms with Crippen molar-refractivity contribution in [1.82, 2.24) is 19.9 Å². The zero-order valence-electron chi connectivity index (χ0n) is 18.2. The zero-order valence-corrected chi connectivity index (χ0v) is 18.2. The van der Waals surface area contributed by atoms with E-state index in [9.17, 15) is 0 Å². The molecular weight excluding hydrogens is 420 g/mol. The summed E-state index contributed by atoms with van der Waals surface area (Å²) in [6, 6.07) is 17.3. The average Bonchev–Trinajstić information content (AvgIpc) is 3.21. The second kappa shape index (κ2) is 9.04. The SMILES string of the molecule is COc1nc(Oc2ccc3[nH]c(C)cc3c2)c2ccc(OCCOc3ccncc3)cc2n1. The third-order valence-electron chi connectivity index (χ3n) is 5.01. The van der Waals surface area contributed by atoms with Crippen molar-refractivity contribution in [2.24, 2.45) is 0 Å². The first-order valence-electron chi connectivity index (χ1n) is 10.5. The van der Waals surface area contributed by atoms with Gasteiger partial charge in [0.15, 0.2) is 0 Å². The van der Waals surface area contributed by atoms with Crippen molar-refractivity contribution in [3.63, 3.8) is 0 Å². The molecule has 8 nitrogen and oxygen atoms in total. The molecule has 0 bridgehead atoms. The summed E-state index contributed by atoms with van der Waals surface area (Å²) in [7, 11) is 1.52. The first-order chi connectivity index (χ1) is 16.2. The van der Waals surface area contributed by atoms with E-state index in [1.807, 2.05) is 43.3 Å². The first kappa shape index (κ1) is 20.6. The van der Waals surface area contributed by atoms with Gasteiger partial charge in [0, 0.05) is 35.1 Å². The fraction of sp³-hybridized carbons (Fsp3) is 0.160. The van der Waals surface area contributed by atoms with E-state index in [1.165, 1.54) is 7.11 Å². The number of nitrogens with one attached hydrogen (secondary N) is 1. The molecule has 0 aliphatic heterocycles. The second-order valence-corrected chi connectivity index (χ2v) is 7.38. The predicted molar refractivity (Wildman–Crippen MR) is 124 cm³/mol. The molecule has 33 heavy (non-hydrogen) atoms. The number of hydrogen-bond acceptors (Lipinski definition) is 7. The quantitative estimate of drug-likeness (QED) is 0.335. The number of H-pyrrole nitrogens is 1. The molecule has 0 radical (unpaired) electrons. The zero-order chi connectivity index (χ0) is 22.6. The van der Waals surface area contributed by atoms with E-state index in [0.717, 1.165) is 27.7 Å². The summed E-state index contributed by atoms with van der Waals surface area (Å²) in [5.41, 5.74) is 2.80. The van der Waals surface area contributed by atoms with Crippen molar-refractivity contribution < 1.29 is 18.9 Å². The van der Waals surface area contributed by atoms with Crippen molar-refractivity contribution in [3.05, 3.63) is 72.7 Å². The molecule has 0 fully saturated rings. The number of benzene rings is 2. The highest BCUT2D eigenvalue weighted by Gasteiger charge is 2.12. The lowest BCUT2D eigenvalue weighted by Crippen LogP contribution is -2.09. The van der Waals surface area contributed by atoms with Gasteiger partial charge in [0.2, 0.25) is 5.88 Å². The van der Waals surface area contributed by atoms with Crippen molar-refractivity contribution in [2.45, 2.75) is 6.92 Å². The Bertz CT molecular complexity index is 1400. The molecule has 5 aromatic rings. The second-order valence-electron chi connectivity index (χ2n) is 7.38. The fourth-order valence-electron chi connectivity index (χ4n) is 3.50. The van der Waals surface area contributed by atoms with E-state index >= 15 is 0 Å². The number of methoxy groups -OCH3 is 1. The third kappa shape index (κ3) is 4.64. The Morgan fingerprint density at radius 1 is 0.818 bits per heavy atom. The Labute approximate surface area is 190 Å². The van der Waals surface area contributed by atoms with E-state index in [0.29, 0.717) is 36.1 Å². The van der Waals surface area contributed by atoms with Crippen LogP contribution in [0.1, 0.15) is 5.69 Å². The Morgan fingerprint density at radius 2 is 1.61 bits per heavy atom. The average molecular weight is 442 g/mol. The molecular formula is C25H22N4O4. The van der Waals surface area contributed by atoms with Crippen LogP contribution in [-0.4, -0.2) is 40.3 Å². The maximum absolute atomic E-state index is 6.13.